The number of benzene rings is 1. The van der Waals surface area contributed by atoms with Crippen molar-refractivity contribution in [1.29, 1.82) is 0 Å². The van der Waals surface area contributed by atoms with E-state index < -0.39 is 8.56 Å². The van der Waals surface area contributed by atoms with Gasteiger partial charge in [0.25, 0.3) is 0 Å². The first-order valence-corrected chi connectivity index (χ1v) is 11.8. The van der Waals surface area contributed by atoms with Crippen LogP contribution in [-0.4, -0.2) is 34.4 Å². The van der Waals surface area contributed by atoms with E-state index in [2.05, 4.69) is 26.0 Å². The van der Waals surface area contributed by atoms with Crippen LogP contribution >= 0.6 is 0 Å². The van der Waals surface area contributed by atoms with Crippen molar-refractivity contribution in [3.63, 3.8) is 0 Å². The van der Waals surface area contributed by atoms with Gasteiger partial charge in [0, 0.05) is 19.3 Å². The van der Waals surface area contributed by atoms with Crippen LogP contribution in [0.1, 0.15) is 52.9 Å². The third-order valence-electron chi connectivity index (χ3n) is 4.08. The van der Waals surface area contributed by atoms with Crippen molar-refractivity contribution >= 4 is 19.7 Å². The highest BCUT2D eigenvalue weighted by atomic mass is 28.4. The zero-order chi connectivity index (χ0) is 19.1. The van der Waals surface area contributed by atoms with E-state index in [1.807, 2.05) is 18.2 Å². The van der Waals surface area contributed by atoms with Crippen LogP contribution in [0.3, 0.4) is 0 Å². The highest BCUT2D eigenvalue weighted by molar-refractivity contribution is 6.81. The van der Waals surface area contributed by atoms with Crippen molar-refractivity contribution in [2.24, 2.45) is 0 Å². The lowest BCUT2D eigenvalue weighted by Crippen LogP contribution is -2.54. The molecule has 0 aliphatic heterocycles. The Bertz CT molecular complexity index is 506. The van der Waals surface area contributed by atoms with E-state index in [9.17, 15) is 4.79 Å². The molecule has 0 amide bonds. The van der Waals surface area contributed by atoms with Gasteiger partial charge in [-0.3, -0.25) is 0 Å². The van der Waals surface area contributed by atoms with E-state index in [1.54, 1.807) is 13.0 Å². The maximum absolute atomic E-state index is 11.5. The summed E-state index contributed by atoms with van der Waals surface area (Å²) in [6.07, 6.45) is 8.10. The standard InChI is InChI=1S/C21H34O4Si/c1-4-7-17-24-26(25-18-8-5-2,20-14-10-9-11-15-20)19-12-16-23-21(22)13-6-3/h6,9-11,13-15H,4-5,7-8,12,16-19H2,1-3H3. The molecule has 0 unspecified atom stereocenters. The van der Waals surface area contributed by atoms with Gasteiger partial charge in [-0.2, -0.15) is 0 Å². The third kappa shape index (κ3) is 8.30. The van der Waals surface area contributed by atoms with Crippen LogP contribution in [0.2, 0.25) is 6.04 Å². The van der Waals surface area contributed by atoms with Gasteiger partial charge in [0.05, 0.1) is 6.61 Å². The Kier molecular flexibility index (Phi) is 11.9. The zero-order valence-electron chi connectivity index (χ0n) is 16.5. The first-order chi connectivity index (χ1) is 12.7. The molecule has 0 atom stereocenters. The van der Waals surface area contributed by atoms with Gasteiger partial charge >= 0.3 is 14.5 Å². The molecular weight excluding hydrogens is 344 g/mol. The van der Waals surface area contributed by atoms with E-state index >= 15 is 0 Å². The largest absolute Gasteiger partial charge is 0.463 e. The van der Waals surface area contributed by atoms with Crippen molar-refractivity contribution in [1.82, 2.24) is 0 Å². The van der Waals surface area contributed by atoms with E-state index in [4.69, 9.17) is 13.6 Å². The molecule has 1 aromatic carbocycles. The zero-order valence-corrected chi connectivity index (χ0v) is 17.5. The smallest absolute Gasteiger partial charge is 0.372 e. The summed E-state index contributed by atoms with van der Waals surface area (Å²) < 4.78 is 18.1. The summed E-state index contributed by atoms with van der Waals surface area (Å²) in [5, 5.41) is 1.16. The molecule has 0 aliphatic carbocycles. The first kappa shape index (κ1) is 22.6. The Labute approximate surface area is 159 Å². The molecule has 0 heterocycles. The average molecular weight is 379 g/mol. The molecule has 26 heavy (non-hydrogen) atoms. The maximum Gasteiger partial charge on any atom is 0.372 e. The number of esters is 1. The fraction of sp³-hybridized carbons (Fsp3) is 0.571. The molecule has 1 aromatic rings. The number of carbonyl (C=O) groups excluding carboxylic acids is 1. The molecule has 0 spiro atoms. The van der Waals surface area contributed by atoms with Crippen molar-refractivity contribution in [3.05, 3.63) is 42.5 Å². The van der Waals surface area contributed by atoms with Crippen molar-refractivity contribution in [3.8, 4) is 0 Å². The summed E-state index contributed by atoms with van der Waals surface area (Å²) in [6, 6.07) is 11.1. The number of carbonyl (C=O) groups is 1. The molecule has 0 bridgehead atoms. The molecule has 146 valence electrons. The second kappa shape index (κ2) is 13.7. The molecule has 1 rings (SSSR count). The molecule has 0 aliphatic rings. The molecule has 0 saturated heterocycles. The normalized spacial score (nSPS) is 11.8. The molecule has 0 N–H and O–H groups in total. The van der Waals surface area contributed by atoms with Gasteiger partial charge in [-0.15, -0.1) is 0 Å². The van der Waals surface area contributed by atoms with Gasteiger partial charge in [0.15, 0.2) is 0 Å². The van der Waals surface area contributed by atoms with Crippen LogP contribution in [0, 0.1) is 0 Å². The lowest BCUT2D eigenvalue weighted by atomic mass is 10.4. The van der Waals surface area contributed by atoms with Crippen LogP contribution in [0.25, 0.3) is 0 Å². The maximum atomic E-state index is 11.5. The van der Waals surface area contributed by atoms with Crippen LogP contribution < -0.4 is 5.19 Å². The molecule has 4 nitrogen and oxygen atoms in total. The van der Waals surface area contributed by atoms with Gasteiger partial charge in [-0.25, -0.2) is 4.79 Å². The van der Waals surface area contributed by atoms with Crippen LogP contribution in [0.5, 0.6) is 0 Å². The summed E-state index contributed by atoms with van der Waals surface area (Å²) in [4.78, 5) is 11.5. The Hall–Kier alpha value is -1.43. The fourth-order valence-electron chi connectivity index (χ4n) is 2.61. The third-order valence-corrected chi connectivity index (χ3v) is 7.64. The summed E-state index contributed by atoms with van der Waals surface area (Å²) in [5.74, 6) is -0.293. The first-order valence-electron chi connectivity index (χ1n) is 9.81. The van der Waals surface area contributed by atoms with Gasteiger partial charge in [0.2, 0.25) is 0 Å². The monoisotopic (exact) mass is 378 g/mol. The van der Waals surface area contributed by atoms with Crippen LogP contribution in [-0.2, 0) is 18.4 Å². The topological polar surface area (TPSA) is 44.8 Å². The lowest BCUT2D eigenvalue weighted by molar-refractivity contribution is -0.137. The van der Waals surface area contributed by atoms with Crippen molar-refractivity contribution in [2.75, 3.05) is 19.8 Å². The highest BCUT2D eigenvalue weighted by Gasteiger charge is 2.39. The molecule has 0 saturated carbocycles. The van der Waals surface area contributed by atoms with E-state index in [-0.39, 0.29) is 5.97 Å². The molecule has 0 aromatic heterocycles. The number of rotatable bonds is 14. The summed E-state index contributed by atoms with van der Waals surface area (Å²) in [5.41, 5.74) is 0. The summed E-state index contributed by atoms with van der Waals surface area (Å²) in [6.45, 7) is 7.93. The fourth-order valence-corrected chi connectivity index (χ4v) is 5.87. The SMILES string of the molecule is CC=CC(=O)OCCC[Si](OCCCC)(OCCCC)c1ccccc1. The van der Waals surface area contributed by atoms with Gasteiger partial charge in [0.1, 0.15) is 0 Å². The predicted molar refractivity (Wildman–Crippen MR) is 109 cm³/mol. The average Bonchev–Trinajstić information content (AvgIpc) is 2.66. The molecule has 0 radical (unpaired) electrons. The number of hydrogen-bond donors (Lipinski definition) is 0. The van der Waals surface area contributed by atoms with Gasteiger partial charge in [-0.1, -0.05) is 63.1 Å². The Morgan fingerprint density at radius 2 is 1.58 bits per heavy atom. The minimum absolute atomic E-state index is 0.293. The lowest BCUT2D eigenvalue weighted by Gasteiger charge is -2.31. The van der Waals surface area contributed by atoms with Crippen molar-refractivity contribution in [2.45, 2.75) is 58.9 Å². The Morgan fingerprint density at radius 3 is 2.12 bits per heavy atom. The summed E-state index contributed by atoms with van der Waals surface area (Å²) in [7, 11) is -2.55. The second-order valence-corrected chi connectivity index (χ2v) is 9.45. The quantitative estimate of drug-likeness (QED) is 0.207. The van der Waals surface area contributed by atoms with E-state index in [0.29, 0.717) is 19.8 Å². The number of hydrogen-bond acceptors (Lipinski definition) is 4. The number of unbranched alkanes of at least 4 members (excludes halogenated alkanes) is 2. The van der Waals surface area contributed by atoms with Gasteiger partial charge < -0.3 is 13.6 Å². The number of ether oxygens (including phenoxy) is 1. The second-order valence-electron chi connectivity index (χ2n) is 6.29. The Morgan fingerprint density at radius 1 is 0.962 bits per heavy atom. The van der Waals surface area contributed by atoms with Crippen LogP contribution in [0.4, 0.5) is 0 Å². The van der Waals surface area contributed by atoms with Crippen molar-refractivity contribution < 1.29 is 18.4 Å². The van der Waals surface area contributed by atoms with E-state index in [1.165, 1.54) is 6.08 Å². The number of allylic oxidation sites excluding steroid dienone is 1. The van der Waals surface area contributed by atoms with Gasteiger partial charge in [-0.05, 0) is 37.4 Å². The molecule has 5 heteroatoms. The summed E-state index contributed by atoms with van der Waals surface area (Å²) >= 11 is 0. The predicted octanol–water partition coefficient (Wildman–Crippen LogP) is 4.48. The highest BCUT2D eigenvalue weighted by Crippen LogP contribution is 2.18. The van der Waals surface area contributed by atoms with Crippen LogP contribution in [0.15, 0.2) is 42.5 Å². The molecular formula is C21H34O4Si. The van der Waals surface area contributed by atoms with E-state index in [0.717, 1.165) is 43.3 Å². The Balaban J connectivity index is 2.82. The minimum atomic E-state index is -2.55. The minimum Gasteiger partial charge on any atom is -0.463 e. The molecule has 0 fully saturated rings.